The third-order valence-electron chi connectivity index (χ3n) is 2.81. The molecule has 0 aromatic heterocycles. The van der Waals surface area contributed by atoms with Gasteiger partial charge in [0.25, 0.3) is 0 Å². The lowest BCUT2D eigenvalue weighted by molar-refractivity contribution is 0.0414. The monoisotopic (exact) mass is 296 g/mol. The summed E-state index contributed by atoms with van der Waals surface area (Å²) in [6.07, 6.45) is -1.03. The van der Waals surface area contributed by atoms with Crippen LogP contribution < -0.4 is 5.32 Å². The topological polar surface area (TPSA) is 71.0 Å². The largest absolute Gasteiger partial charge is 0.465 e. The Morgan fingerprint density at radius 2 is 1.81 bits per heavy atom. The molecule has 0 radical (unpaired) electrons. The lowest BCUT2D eigenvalue weighted by Gasteiger charge is -2.16. The molecule has 0 bridgehead atoms. The summed E-state index contributed by atoms with van der Waals surface area (Å²) in [5.41, 5.74) is 1.29. The molecule has 1 rings (SSSR count). The van der Waals surface area contributed by atoms with E-state index in [2.05, 4.69) is 29.4 Å². The van der Waals surface area contributed by atoms with Gasteiger partial charge in [-0.25, -0.2) is 4.79 Å². The number of nitrogens with one attached hydrogen (secondary N) is 1. The minimum absolute atomic E-state index is 0.301. The van der Waals surface area contributed by atoms with Crippen LogP contribution in [0, 0.1) is 0 Å². The van der Waals surface area contributed by atoms with Gasteiger partial charge in [0.1, 0.15) is 0 Å². The summed E-state index contributed by atoms with van der Waals surface area (Å²) in [4.78, 5) is 12.4. The van der Waals surface area contributed by atoms with Gasteiger partial charge >= 0.3 is 6.09 Å². The lowest BCUT2D eigenvalue weighted by Crippen LogP contribution is -2.26. The van der Waals surface area contributed by atoms with Gasteiger partial charge < -0.3 is 19.9 Å². The molecular formula is C15H24N2O4. The van der Waals surface area contributed by atoms with Crippen LogP contribution in [0.15, 0.2) is 30.3 Å². The first-order chi connectivity index (χ1) is 10.2. The summed E-state index contributed by atoms with van der Waals surface area (Å²) in [5.74, 6) is 0. The molecule has 1 amide bonds. The van der Waals surface area contributed by atoms with E-state index in [1.165, 1.54) is 5.56 Å². The Labute approximate surface area is 125 Å². The van der Waals surface area contributed by atoms with Gasteiger partial charge in [-0.2, -0.15) is 0 Å². The van der Waals surface area contributed by atoms with Crippen molar-refractivity contribution in [3.8, 4) is 0 Å². The molecule has 6 heteroatoms. The van der Waals surface area contributed by atoms with Gasteiger partial charge in [0.05, 0.1) is 26.4 Å². The highest BCUT2D eigenvalue weighted by Crippen LogP contribution is 2.01. The summed E-state index contributed by atoms with van der Waals surface area (Å²) in [7, 11) is 2.06. The van der Waals surface area contributed by atoms with E-state index in [9.17, 15) is 4.79 Å². The first-order valence-electron chi connectivity index (χ1n) is 7.03. The molecule has 1 aromatic rings. The van der Waals surface area contributed by atoms with Crippen LogP contribution in [-0.2, 0) is 16.0 Å². The highest BCUT2D eigenvalue weighted by Gasteiger charge is 2.00. The molecule has 0 fully saturated rings. The van der Waals surface area contributed by atoms with E-state index in [-0.39, 0.29) is 0 Å². The first-order valence-corrected chi connectivity index (χ1v) is 7.03. The van der Waals surface area contributed by atoms with Crippen molar-refractivity contribution in [2.24, 2.45) is 0 Å². The van der Waals surface area contributed by atoms with Crippen LogP contribution in [0.3, 0.4) is 0 Å². The molecule has 6 nitrogen and oxygen atoms in total. The molecule has 0 saturated carbocycles. The van der Waals surface area contributed by atoms with Crippen molar-refractivity contribution in [3.63, 3.8) is 0 Å². The second-order valence-electron chi connectivity index (χ2n) is 4.68. The molecule has 118 valence electrons. The second-order valence-corrected chi connectivity index (χ2v) is 4.68. The van der Waals surface area contributed by atoms with Gasteiger partial charge in [-0.05, 0) is 12.6 Å². The van der Waals surface area contributed by atoms with Crippen LogP contribution in [0.5, 0.6) is 0 Å². The maximum atomic E-state index is 10.2. The predicted octanol–water partition coefficient (Wildman–Crippen LogP) is 1.42. The molecule has 0 saturated heterocycles. The van der Waals surface area contributed by atoms with Crippen molar-refractivity contribution >= 4 is 6.09 Å². The van der Waals surface area contributed by atoms with Crippen LogP contribution >= 0.6 is 0 Å². The Balaban J connectivity index is 1.91. The molecule has 0 atom stereocenters. The Morgan fingerprint density at radius 3 is 2.48 bits per heavy atom. The van der Waals surface area contributed by atoms with Crippen LogP contribution in [0.25, 0.3) is 0 Å². The fourth-order valence-electron chi connectivity index (χ4n) is 1.75. The van der Waals surface area contributed by atoms with Crippen molar-refractivity contribution in [3.05, 3.63) is 35.9 Å². The lowest BCUT2D eigenvalue weighted by atomic mass is 10.2. The third kappa shape index (κ3) is 9.84. The van der Waals surface area contributed by atoms with E-state index in [0.717, 1.165) is 13.1 Å². The summed E-state index contributed by atoms with van der Waals surface area (Å²) in [6.45, 7) is 4.08. The molecule has 2 N–H and O–H groups in total. The Bertz CT molecular complexity index is 387. The highest BCUT2D eigenvalue weighted by atomic mass is 16.5. The van der Waals surface area contributed by atoms with E-state index in [1.54, 1.807) is 0 Å². The molecule has 0 spiro atoms. The fourth-order valence-corrected chi connectivity index (χ4v) is 1.75. The van der Waals surface area contributed by atoms with Crippen molar-refractivity contribution in [1.29, 1.82) is 0 Å². The van der Waals surface area contributed by atoms with Gasteiger partial charge in [0.15, 0.2) is 0 Å². The molecule has 0 aliphatic rings. The smallest absolute Gasteiger partial charge is 0.404 e. The average molecular weight is 296 g/mol. The minimum Gasteiger partial charge on any atom is -0.465 e. The number of carbonyl (C=O) groups is 1. The van der Waals surface area contributed by atoms with Crippen LogP contribution in [0.4, 0.5) is 4.79 Å². The zero-order valence-corrected chi connectivity index (χ0v) is 12.5. The minimum atomic E-state index is -1.03. The normalized spacial score (nSPS) is 10.8. The molecule has 0 heterocycles. The number of amides is 1. The third-order valence-corrected chi connectivity index (χ3v) is 2.81. The Morgan fingerprint density at radius 1 is 1.14 bits per heavy atom. The number of benzene rings is 1. The van der Waals surface area contributed by atoms with Gasteiger partial charge in [-0.1, -0.05) is 30.3 Å². The zero-order chi connectivity index (χ0) is 15.3. The summed E-state index contributed by atoms with van der Waals surface area (Å²) in [5, 5.41) is 10.6. The van der Waals surface area contributed by atoms with E-state index >= 15 is 0 Å². The number of carboxylic acid groups (broad SMARTS) is 1. The molecule has 1 aromatic carbocycles. The van der Waals surface area contributed by atoms with E-state index < -0.39 is 6.09 Å². The van der Waals surface area contributed by atoms with Crippen LogP contribution in [0.2, 0.25) is 0 Å². The maximum absolute atomic E-state index is 10.2. The van der Waals surface area contributed by atoms with Crippen LogP contribution in [-0.4, -0.2) is 62.7 Å². The quantitative estimate of drug-likeness (QED) is 0.604. The number of hydrogen-bond acceptors (Lipinski definition) is 4. The average Bonchev–Trinajstić information content (AvgIpc) is 2.46. The Kier molecular flexibility index (Phi) is 9.19. The first kappa shape index (κ1) is 17.4. The Hall–Kier alpha value is -1.63. The standard InChI is InChI=1S/C15H24N2O4/c1-17(13-14-5-3-2-4-6-14)8-10-21-12-11-20-9-7-16-15(18)19/h2-6,16H,7-13H2,1H3,(H,18,19). The predicted molar refractivity (Wildman–Crippen MR) is 80.4 cm³/mol. The summed E-state index contributed by atoms with van der Waals surface area (Å²) < 4.78 is 10.7. The number of ether oxygens (including phenoxy) is 2. The molecule has 0 aliphatic carbocycles. The summed E-state index contributed by atoms with van der Waals surface area (Å²) in [6, 6.07) is 10.3. The van der Waals surface area contributed by atoms with Gasteiger partial charge in [-0.15, -0.1) is 0 Å². The van der Waals surface area contributed by atoms with Crippen molar-refractivity contribution in [2.45, 2.75) is 6.54 Å². The molecule has 0 aliphatic heterocycles. The number of likely N-dealkylation sites (N-methyl/N-ethyl adjacent to an activating group) is 1. The van der Waals surface area contributed by atoms with Crippen molar-refractivity contribution in [2.75, 3.05) is 46.6 Å². The second kappa shape index (κ2) is 11.1. The van der Waals surface area contributed by atoms with Crippen molar-refractivity contribution < 1.29 is 19.4 Å². The zero-order valence-electron chi connectivity index (χ0n) is 12.5. The maximum Gasteiger partial charge on any atom is 0.404 e. The van der Waals surface area contributed by atoms with E-state index in [0.29, 0.717) is 33.0 Å². The summed E-state index contributed by atoms with van der Waals surface area (Å²) >= 11 is 0. The van der Waals surface area contributed by atoms with Crippen molar-refractivity contribution in [1.82, 2.24) is 10.2 Å². The van der Waals surface area contributed by atoms with Gasteiger partial charge in [0, 0.05) is 19.6 Å². The number of rotatable bonds is 11. The molecule has 0 unspecified atom stereocenters. The van der Waals surface area contributed by atoms with Crippen LogP contribution in [0.1, 0.15) is 5.56 Å². The highest BCUT2D eigenvalue weighted by molar-refractivity contribution is 5.64. The number of nitrogens with zero attached hydrogens (tertiary/aromatic N) is 1. The SMILES string of the molecule is CN(CCOCCOCCNC(=O)O)Cc1ccccc1. The number of hydrogen-bond donors (Lipinski definition) is 2. The van der Waals surface area contributed by atoms with Gasteiger partial charge in [-0.3, -0.25) is 4.90 Å². The van der Waals surface area contributed by atoms with Gasteiger partial charge in [0.2, 0.25) is 0 Å². The molecule has 21 heavy (non-hydrogen) atoms. The molecular weight excluding hydrogens is 272 g/mol. The fraction of sp³-hybridized carbons (Fsp3) is 0.533. The van der Waals surface area contributed by atoms with E-state index in [1.807, 2.05) is 18.2 Å². The van der Waals surface area contributed by atoms with E-state index in [4.69, 9.17) is 14.6 Å².